The molecular formula is C21H19FN2OS. The van der Waals surface area contributed by atoms with Crippen molar-refractivity contribution in [2.75, 3.05) is 0 Å². The van der Waals surface area contributed by atoms with E-state index in [1.54, 1.807) is 18.2 Å². The van der Waals surface area contributed by atoms with E-state index in [-0.39, 0.29) is 5.82 Å². The maximum atomic E-state index is 14.0. The second kappa shape index (κ2) is 6.92. The average molecular weight is 366 g/mol. The fraction of sp³-hybridized carbons (Fsp3) is 0.190. The Morgan fingerprint density at radius 1 is 1.12 bits per heavy atom. The van der Waals surface area contributed by atoms with Gasteiger partial charge in [0.2, 0.25) is 0 Å². The molecule has 0 atom stereocenters. The smallest absolute Gasteiger partial charge is 0.190 e. The number of thiazole rings is 1. The minimum Gasteiger partial charge on any atom is -0.454 e. The molecular weight excluding hydrogens is 347 g/mol. The van der Waals surface area contributed by atoms with Gasteiger partial charge in [-0.2, -0.15) is 0 Å². The summed E-state index contributed by atoms with van der Waals surface area (Å²) in [5.41, 5.74) is 2.18. The molecule has 2 aromatic heterocycles. The first kappa shape index (κ1) is 16.8. The minimum atomic E-state index is -0.317. The molecule has 0 bridgehead atoms. The molecule has 0 radical (unpaired) electrons. The van der Waals surface area contributed by atoms with Gasteiger partial charge in [-0.05, 0) is 30.2 Å². The maximum Gasteiger partial charge on any atom is 0.190 e. The molecule has 0 amide bonds. The van der Waals surface area contributed by atoms with Crippen LogP contribution >= 0.6 is 11.3 Å². The molecule has 2 heterocycles. The molecule has 0 unspecified atom stereocenters. The predicted molar refractivity (Wildman–Crippen MR) is 104 cm³/mol. The summed E-state index contributed by atoms with van der Waals surface area (Å²) < 4.78 is 22.2. The molecule has 3 nitrogen and oxygen atoms in total. The molecule has 4 aromatic rings. The first-order valence-corrected chi connectivity index (χ1v) is 9.46. The van der Waals surface area contributed by atoms with E-state index in [0.717, 1.165) is 33.8 Å². The lowest BCUT2D eigenvalue weighted by atomic mass is 10.2. The van der Waals surface area contributed by atoms with Gasteiger partial charge >= 0.3 is 0 Å². The Morgan fingerprint density at radius 2 is 1.88 bits per heavy atom. The summed E-state index contributed by atoms with van der Waals surface area (Å²) in [4.78, 5) is 5.32. The number of rotatable bonds is 4. The van der Waals surface area contributed by atoms with Crippen LogP contribution in [0.1, 0.15) is 13.8 Å². The molecule has 0 N–H and O–H groups in total. The Balaban J connectivity index is 1.88. The number of para-hydroxylation sites is 2. The molecule has 26 heavy (non-hydrogen) atoms. The van der Waals surface area contributed by atoms with E-state index < -0.39 is 0 Å². The molecule has 132 valence electrons. The zero-order chi connectivity index (χ0) is 18.1. The van der Waals surface area contributed by atoms with Crippen LogP contribution in [0.15, 0.2) is 69.4 Å². The summed E-state index contributed by atoms with van der Waals surface area (Å²) >= 11 is 1.50. The number of furan rings is 1. The van der Waals surface area contributed by atoms with Crippen LogP contribution in [0.5, 0.6) is 0 Å². The van der Waals surface area contributed by atoms with Crippen molar-refractivity contribution in [2.24, 2.45) is 10.9 Å². The zero-order valence-corrected chi connectivity index (χ0v) is 15.5. The second-order valence-corrected chi connectivity index (χ2v) is 7.46. The third kappa shape index (κ3) is 3.22. The minimum absolute atomic E-state index is 0.317. The van der Waals surface area contributed by atoms with E-state index in [1.165, 1.54) is 17.4 Å². The number of benzene rings is 2. The van der Waals surface area contributed by atoms with Crippen molar-refractivity contribution in [3.8, 4) is 11.5 Å². The average Bonchev–Trinajstić information content (AvgIpc) is 3.20. The highest BCUT2D eigenvalue weighted by Gasteiger charge is 2.14. The Hall–Kier alpha value is -2.66. The van der Waals surface area contributed by atoms with Crippen molar-refractivity contribution in [3.63, 3.8) is 0 Å². The van der Waals surface area contributed by atoms with Crippen LogP contribution in [0.2, 0.25) is 0 Å². The SMILES string of the molecule is CC(C)Cn1c(-c2cc3ccccc3o2)csc1=Nc1ccccc1F. The summed E-state index contributed by atoms with van der Waals surface area (Å²) in [6.45, 7) is 5.09. The van der Waals surface area contributed by atoms with Crippen molar-refractivity contribution in [1.82, 2.24) is 4.57 Å². The van der Waals surface area contributed by atoms with Crippen molar-refractivity contribution in [3.05, 3.63) is 70.6 Å². The molecule has 0 spiro atoms. The molecule has 0 saturated carbocycles. The van der Waals surface area contributed by atoms with Crippen LogP contribution < -0.4 is 4.80 Å². The van der Waals surface area contributed by atoms with Gasteiger partial charge < -0.3 is 8.98 Å². The first-order valence-electron chi connectivity index (χ1n) is 8.58. The summed E-state index contributed by atoms with van der Waals surface area (Å²) in [6, 6.07) is 16.6. The van der Waals surface area contributed by atoms with Crippen molar-refractivity contribution in [2.45, 2.75) is 20.4 Å². The highest BCUT2D eigenvalue weighted by Crippen LogP contribution is 2.29. The second-order valence-electron chi connectivity index (χ2n) is 6.62. The van der Waals surface area contributed by atoms with Crippen LogP contribution in [0, 0.1) is 11.7 Å². The molecule has 0 aliphatic carbocycles. The summed E-state index contributed by atoms with van der Waals surface area (Å²) in [5, 5.41) is 3.09. The Labute approximate surface area is 155 Å². The lowest BCUT2D eigenvalue weighted by Gasteiger charge is -2.10. The molecule has 0 aliphatic heterocycles. The van der Waals surface area contributed by atoms with Crippen LogP contribution in [0.25, 0.3) is 22.4 Å². The quantitative estimate of drug-likeness (QED) is 0.436. The fourth-order valence-electron chi connectivity index (χ4n) is 2.91. The topological polar surface area (TPSA) is 30.4 Å². The van der Waals surface area contributed by atoms with E-state index in [9.17, 15) is 4.39 Å². The number of nitrogens with zero attached hydrogens (tertiary/aromatic N) is 2. The van der Waals surface area contributed by atoms with Crippen LogP contribution in [0.4, 0.5) is 10.1 Å². The summed E-state index contributed by atoms with van der Waals surface area (Å²) in [7, 11) is 0. The van der Waals surface area contributed by atoms with Gasteiger partial charge in [-0.3, -0.25) is 0 Å². The van der Waals surface area contributed by atoms with Gasteiger partial charge in [-0.1, -0.05) is 44.2 Å². The first-order chi connectivity index (χ1) is 12.6. The maximum absolute atomic E-state index is 14.0. The van der Waals surface area contributed by atoms with Crippen molar-refractivity contribution < 1.29 is 8.81 Å². The van der Waals surface area contributed by atoms with Gasteiger partial charge in [0, 0.05) is 17.3 Å². The van der Waals surface area contributed by atoms with E-state index in [0.29, 0.717) is 11.6 Å². The normalized spacial score (nSPS) is 12.4. The molecule has 5 heteroatoms. The largest absolute Gasteiger partial charge is 0.454 e. The van der Waals surface area contributed by atoms with Gasteiger partial charge in [0.1, 0.15) is 17.1 Å². The van der Waals surface area contributed by atoms with Crippen LogP contribution in [0.3, 0.4) is 0 Å². The van der Waals surface area contributed by atoms with E-state index in [2.05, 4.69) is 23.4 Å². The molecule has 0 saturated heterocycles. The van der Waals surface area contributed by atoms with Gasteiger partial charge in [0.25, 0.3) is 0 Å². The predicted octanol–water partition coefficient (Wildman–Crippen LogP) is 5.99. The van der Waals surface area contributed by atoms with Gasteiger partial charge in [-0.25, -0.2) is 9.38 Å². The molecule has 4 rings (SSSR count). The third-order valence-electron chi connectivity index (χ3n) is 4.09. The molecule has 0 aliphatic rings. The number of hydrogen-bond donors (Lipinski definition) is 0. The van der Waals surface area contributed by atoms with Gasteiger partial charge in [-0.15, -0.1) is 11.3 Å². The van der Waals surface area contributed by atoms with Crippen molar-refractivity contribution in [1.29, 1.82) is 0 Å². The monoisotopic (exact) mass is 366 g/mol. The zero-order valence-electron chi connectivity index (χ0n) is 14.6. The third-order valence-corrected chi connectivity index (χ3v) is 4.96. The standard InChI is InChI=1S/C21H19FN2OS/c1-14(2)12-24-18(20-11-15-7-3-6-10-19(15)25-20)13-26-21(24)23-17-9-5-4-8-16(17)22/h3-11,13-14H,12H2,1-2H3. The highest BCUT2D eigenvalue weighted by atomic mass is 32.1. The van der Waals surface area contributed by atoms with E-state index in [1.807, 2.05) is 35.7 Å². The lowest BCUT2D eigenvalue weighted by Crippen LogP contribution is -2.18. The lowest BCUT2D eigenvalue weighted by molar-refractivity contribution is 0.511. The van der Waals surface area contributed by atoms with Crippen LogP contribution in [-0.2, 0) is 6.54 Å². The summed E-state index contributed by atoms with van der Waals surface area (Å²) in [5.74, 6) is 0.910. The van der Waals surface area contributed by atoms with Crippen LogP contribution in [-0.4, -0.2) is 4.57 Å². The molecule has 0 fully saturated rings. The van der Waals surface area contributed by atoms with Gasteiger partial charge in [0.15, 0.2) is 10.6 Å². The number of aromatic nitrogens is 1. The fourth-order valence-corrected chi connectivity index (χ4v) is 3.82. The van der Waals surface area contributed by atoms with E-state index >= 15 is 0 Å². The summed E-state index contributed by atoms with van der Waals surface area (Å²) in [6.07, 6.45) is 0. The highest BCUT2D eigenvalue weighted by molar-refractivity contribution is 7.07. The van der Waals surface area contributed by atoms with E-state index in [4.69, 9.17) is 4.42 Å². The number of fused-ring (bicyclic) bond motifs is 1. The molecule has 2 aromatic carbocycles. The Kier molecular flexibility index (Phi) is 4.47. The number of halogens is 1. The van der Waals surface area contributed by atoms with Gasteiger partial charge in [0.05, 0.1) is 5.69 Å². The Morgan fingerprint density at radius 3 is 2.65 bits per heavy atom. The Bertz CT molecular complexity index is 1090. The van der Waals surface area contributed by atoms with Crippen molar-refractivity contribution >= 4 is 28.0 Å². The number of hydrogen-bond acceptors (Lipinski definition) is 3.